The smallest absolute Gasteiger partial charge is 0.0801 e. The van der Waals surface area contributed by atoms with Crippen molar-refractivity contribution in [2.75, 3.05) is 0 Å². The maximum absolute atomic E-state index is 10.9. The van der Waals surface area contributed by atoms with E-state index in [2.05, 4.69) is 26.0 Å². The van der Waals surface area contributed by atoms with E-state index in [1.807, 2.05) is 18.2 Å². The summed E-state index contributed by atoms with van der Waals surface area (Å²) in [5, 5.41) is 10.9. The van der Waals surface area contributed by atoms with Crippen molar-refractivity contribution in [1.29, 1.82) is 0 Å². The summed E-state index contributed by atoms with van der Waals surface area (Å²) < 4.78 is 0. The zero-order valence-corrected chi connectivity index (χ0v) is 12.4. The van der Waals surface area contributed by atoms with Crippen LogP contribution in [0, 0.1) is 0 Å². The number of hydrogen-bond donors (Lipinski definition) is 2. The summed E-state index contributed by atoms with van der Waals surface area (Å²) in [6, 6.07) is 10.1. The van der Waals surface area contributed by atoms with Gasteiger partial charge in [-0.25, -0.2) is 0 Å². The van der Waals surface area contributed by atoms with Crippen molar-refractivity contribution >= 4 is 0 Å². The van der Waals surface area contributed by atoms with Crippen LogP contribution in [0.5, 0.6) is 0 Å². The largest absolute Gasteiger partial charge is 0.388 e. The summed E-state index contributed by atoms with van der Waals surface area (Å²) in [6.45, 7) is 4.31. The van der Waals surface area contributed by atoms with E-state index < -0.39 is 5.60 Å². The molecule has 0 bridgehead atoms. The van der Waals surface area contributed by atoms with Crippen molar-refractivity contribution in [3.63, 3.8) is 0 Å². The van der Waals surface area contributed by atoms with Crippen molar-refractivity contribution in [3.05, 3.63) is 35.9 Å². The van der Waals surface area contributed by atoms with Crippen LogP contribution in [0.3, 0.4) is 0 Å². The van der Waals surface area contributed by atoms with Crippen LogP contribution < -0.4 is 5.73 Å². The van der Waals surface area contributed by atoms with Crippen molar-refractivity contribution in [3.8, 4) is 0 Å². The number of nitrogens with two attached hydrogens (primary N) is 1. The maximum atomic E-state index is 10.9. The van der Waals surface area contributed by atoms with Crippen molar-refractivity contribution in [2.24, 2.45) is 5.73 Å². The predicted octanol–water partition coefficient (Wildman–Crippen LogP) is 3.67. The fraction of sp³-hybridized carbons (Fsp3) is 0.647. The zero-order chi connectivity index (χ0) is 14.1. The Kier molecular flexibility index (Phi) is 7.11. The van der Waals surface area contributed by atoms with Crippen LogP contribution in [0.25, 0.3) is 0 Å². The van der Waals surface area contributed by atoms with Gasteiger partial charge in [0.2, 0.25) is 0 Å². The Morgan fingerprint density at radius 1 is 1.05 bits per heavy atom. The Bertz CT molecular complexity index is 328. The fourth-order valence-electron chi connectivity index (χ4n) is 2.52. The number of aliphatic hydroxyl groups is 1. The molecule has 1 unspecified atom stereocenters. The highest BCUT2D eigenvalue weighted by Gasteiger charge is 2.32. The monoisotopic (exact) mass is 263 g/mol. The number of benzene rings is 1. The Hall–Kier alpha value is -0.860. The van der Waals surface area contributed by atoms with Crippen molar-refractivity contribution < 1.29 is 5.11 Å². The third-order valence-electron chi connectivity index (χ3n) is 3.92. The molecule has 1 rings (SSSR count). The van der Waals surface area contributed by atoms with E-state index in [1.165, 1.54) is 5.56 Å². The van der Waals surface area contributed by atoms with Gasteiger partial charge in [0.15, 0.2) is 0 Å². The van der Waals surface area contributed by atoms with E-state index in [1.54, 1.807) is 0 Å². The average molecular weight is 263 g/mol. The second-order valence-electron chi connectivity index (χ2n) is 5.61. The maximum Gasteiger partial charge on any atom is 0.0801 e. The minimum absolute atomic E-state index is 0.173. The lowest BCUT2D eigenvalue weighted by atomic mass is 9.81. The van der Waals surface area contributed by atoms with Gasteiger partial charge in [0, 0.05) is 6.04 Å². The van der Waals surface area contributed by atoms with Gasteiger partial charge in [-0.15, -0.1) is 0 Å². The number of unbranched alkanes of at least 4 members (excludes halogenated alkanes) is 2. The highest BCUT2D eigenvalue weighted by Crippen LogP contribution is 2.26. The van der Waals surface area contributed by atoms with Crippen molar-refractivity contribution in [2.45, 2.75) is 70.4 Å². The quantitative estimate of drug-likeness (QED) is 0.714. The molecule has 1 atom stereocenters. The molecule has 0 aliphatic heterocycles. The molecule has 0 saturated heterocycles. The molecule has 2 heteroatoms. The summed E-state index contributed by atoms with van der Waals surface area (Å²) >= 11 is 0. The molecule has 0 saturated carbocycles. The first kappa shape index (κ1) is 16.2. The molecule has 0 spiro atoms. The van der Waals surface area contributed by atoms with E-state index in [9.17, 15) is 5.11 Å². The van der Waals surface area contributed by atoms with Gasteiger partial charge in [0.1, 0.15) is 0 Å². The van der Waals surface area contributed by atoms with Crippen LogP contribution in [0.4, 0.5) is 0 Å². The fourth-order valence-corrected chi connectivity index (χ4v) is 2.52. The molecule has 1 aromatic rings. The molecule has 0 fully saturated rings. The zero-order valence-electron chi connectivity index (χ0n) is 12.4. The van der Waals surface area contributed by atoms with E-state index >= 15 is 0 Å². The normalized spacial score (nSPS) is 13.5. The third kappa shape index (κ3) is 5.33. The summed E-state index contributed by atoms with van der Waals surface area (Å²) in [4.78, 5) is 0. The van der Waals surface area contributed by atoms with Gasteiger partial charge in [-0.2, -0.15) is 0 Å². The first-order valence-electron chi connectivity index (χ1n) is 7.64. The average Bonchev–Trinajstić information content (AvgIpc) is 2.44. The first-order chi connectivity index (χ1) is 9.12. The van der Waals surface area contributed by atoms with Crippen LogP contribution in [0.15, 0.2) is 30.3 Å². The SMILES string of the molecule is CCCCC(O)(CCCC)C(N)Cc1ccccc1. The lowest BCUT2D eigenvalue weighted by Crippen LogP contribution is -2.49. The van der Waals surface area contributed by atoms with E-state index in [-0.39, 0.29) is 6.04 Å². The lowest BCUT2D eigenvalue weighted by molar-refractivity contribution is -0.00605. The lowest BCUT2D eigenvalue weighted by Gasteiger charge is -2.34. The summed E-state index contributed by atoms with van der Waals surface area (Å²) in [5.41, 5.74) is 6.82. The minimum atomic E-state index is -0.706. The molecule has 0 heterocycles. The number of hydrogen-bond acceptors (Lipinski definition) is 2. The van der Waals surface area contributed by atoms with Crippen LogP contribution in [-0.2, 0) is 6.42 Å². The molecule has 0 amide bonds. The molecule has 108 valence electrons. The van der Waals surface area contributed by atoms with Gasteiger partial charge in [-0.05, 0) is 24.8 Å². The van der Waals surface area contributed by atoms with Crippen LogP contribution in [0.2, 0.25) is 0 Å². The van der Waals surface area contributed by atoms with Crippen LogP contribution in [-0.4, -0.2) is 16.7 Å². The van der Waals surface area contributed by atoms with Gasteiger partial charge >= 0.3 is 0 Å². The standard InChI is InChI=1S/C17H29NO/c1-3-5-12-17(19,13-6-4-2)16(18)14-15-10-8-7-9-11-15/h7-11,16,19H,3-6,12-14,18H2,1-2H3. The second-order valence-corrected chi connectivity index (χ2v) is 5.61. The van der Waals surface area contributed by atoms with Gasteiger partial charge in [0.05, 0.1) is 5.60 Å². The van der Waals surface area contributed by atoms with Gasteiger partial charge < -0.3 is 10.8 Å². The topological polar surface area (TPSA) is 46.2 Å². The molecule has 0 radical (unpaired) electrons. The highest BCUT2D eigenvalue weighted by atomic mass is 16.3. The van der Waals surface area contributed by atoms with E-state index in [4.69, 9.17) is 5.73 Å². The molecule has 0 aliphatic carbocycles. The van der Waals surface area contributed by atoms with Crippen LogP contribution in [0.1, 0.15) is 57.9 Å². The molecule has 0 aliphatic rings. The molecule has 3 N–H and O–H groups in total. The van der Waals surface area contributed by atoms with Crippen molar-refractivity contribution in [1.82, 2.24) is 0 Å². The van der Waals surface area contributed by atoms with Gasteiger partial charge in [0.25, 0.3) is 0 Å². The molecular weight excluding hydrogens is 234 g/mol. The van der Waals surface area contributed by atoms with Crippen LogP contribution >= 0.6 is 0 Å². The third-order valence-corrected chi connectivity index (χ3v) is 3.92. The Balaban J connectivity index is 2.67. The van der Waals surface area contributed by atoms with E-state index in [0.29, 0.717) is 0 Å². The van der Waals surface area contributed by atoms with Gasteiger partial charge in [-0.3, -0.25) is 0 Å². The molecule has 1 aromatic carbocycles. The molecular formula is C17H29NO. The summed E-state index contributed by atoms with van der Waals surface area (Å²) in [7, 11) is 0. The molecule has 19 heavy (non-hydrogen) atoms. The Morgan fingerprint density at radius 2 is 1.58 bits per heavy atom. The molecule has 2 nitrogen and oxygen atoms in total. The predicted molar refractivity (Wildman–Crippen MR) is 82.1 cm³/mol. The van der Waals surface area contributed by atoms with E-state index in [0.717, 1.165) is 44.9 Å². The van der Waals surface area contributed by atoms with Gasteiger partial charge in [-0.1, -0.05) is 69.9 Å². The Morgan fingerprint density at radius 3 is 2.05 bits per heavy atom. The summed E-state index contributed by atoms with van der Waals surface area (Å²) in [6.07, 6.45) is 6.68. The number of rotatable bonds is 9. The highest BCUT2D eigenvalue weighted by molar-refractivity contribution is 5.17. The Labute approximate surface area is 118 Å². The first-order valence-corrected chi connectivity index (χ1v) is 7.64. The minimum Gasteiger partial charge on any atom is -0.388 e. The summed E-state index contributed by atoms with van der Waals surface area (Å²) in [5.74, 6) is 0. The second kappa shape index (κ2) is 8.34. The molecule has 0 aromatic heterocycles.